The van der Waals surface area contributed by atoms with E-state index >= 15 is 0 Å². The van der Waals surface area contributed by atoms with Crippen molar-refractivity contribution in [2.24, 2.45) is 11.5 Å². The minimum absolute atomic E-state index is 0.271. The Morgan fingerprint density at radius 1 is 0.913 bits per heavy atom. The zero-order valence-corrected chi connectivity index (χ0v) is 14.6. The summed E-state index contributed by atoms with van der Waals surface area (Å²) in [4.78, 5) is 21.7. The molecule has 0 amide bonds. The number of rotatable bonds is 12. The first-order valence-electron chi connectivity index (χ1n) is 6.38. The molecule has 0 aromatic rings. The van der Waals surface area contributed by atoms with Gasteiger partial charge in [0.2, 0.25) is 3.41 Å². The molecule has 0 bridgehead atoms. The molecule has 0 spiro atoms. The zero-order chi connectivity index (χ0) is 18.3. The molecule has 0 aliphatic rings. The highest BCUT2D eigenvalue weighted by molar-refractivity contribution is 8.28. The Morgan fingerprint density at radius 2 is 1.35 bits per heavy atom. The predicted molar refractivity (Wildman–Crippen MR) is 85.4 cm³/mol. The molecule has 0 aliphatic heterocycles. The van der Waals surface area contributed by atoms with Gasteiger partial charge in [0.15, 0.2) is 19.7 Å². The maximum atomic E-state index is 12.5. The molecule has 0 aromatic heterocycles. The lowest BCUT2D eigenvalue weighted by Crippen LogP contribution is -2.49. The van der Waals surface area contributed by atoms with Crippen molar-refractivity contribution >= 4 is 43.4 Å². The van der Waals surface area contributed by atoms with E-state index in [1.807, 2.05) is 0 Å². The average Bonchev–Trinajstić information content (AvgIpc) is 2.35. The molecule has 6 N–H and O–H groups in total. The summed E-state index contributed by atoms with van der Waals surface area (Å²) in [5.41, 5.74) is 10.4. The number of carboxylic acids is 2. The summed E-state index contributed by atoms with van der Waals surface area (Å²) >= 11 is 0.271. The van der Waals surface area contributed by atoms with Crippen molar-refractivity contribution in [3.63, 3.8) is 0 Å². The van der Waals surface area contributed by atoms with Gasteiger partial charge in [-0.1, -0.05) is 0 Å². The second kappa shape index (κ2) is 8.82. The standard InChI is InChI=1S/C10H20N2O8S3/c11-2-5-22(17,18)10(7-9(15)16,21-4-1-8(13)14)23(19,20)6-3-12/h1-7,11-12H2,(H,13,14)(H,15,16). The lowest BCUT2D eigenvalue weighted by atomic mass is 10.5. The van der Waals surface area contributed by atoms with Gasteiger partial charge in [0.1, 0.15) is 0 Å². The Balaban J connectivity index is 6.13. The largest absolute Gasteiger partial charge is 0.481 e. The molecule has 0 aliphatic carbocycles. The third kappa shape index (κ3) is 5.60. The van der Waals surface area contributed by atoms with E-state index in [-0.39, 0.29) is 11.8 Å². The first-order chi connectivity index (χ1) is 10.5. The third-order valence-electron chi connectivity index (χ3n) is 2.73. The minimum Gasteiger partial charge on any atom is -0.481 e. The summed E-state index contributed by atoms with van der Waals surface area (Å²) in [6.45, 7) is -0.803. The number of hydrogen-bond acceptors (Lipinski definition) is 9. The molecule has 13 heteroatoms. The van der Waals surface area contributed by atoms with Gasteiger partial charge >= 0.3 is 11.9 Å². The third-order valence-corrected chi connectivity index (χ3v) is 11.2. The Kier molecular flexibility index (Phi) is 8.48. The smallest absolute Gasteiger partial charge is 0.306 e. The summed E-state index contributed by atoms with van der Waals surface area (Å²) in [7, 11) is -8.97. The zero-order valence-electron chi connectivity index (χ0n) is 12.2. The van der Waals surface area contributed by atoms with Gasteiger partial charge in [-0.2, -0.15) is 0 Å². The fourth-order valence-electron chi connectivity index (χ4n) is 1.74. The van der Waals surface area contributed by atoms with Crippen LogP contribution in [-0.4, -0.2) is 72.7 Å². The number of aliphatic carboxylic acids is 2. The van der Waals surface area contributed by atoms with E-state index in [0.29, 0.717) is 0 Å². The highest BCUT2D eigenvalue weighted by Gasteiger charge is 2.55. The van der Waals surface area contributed by atoms with Gasteiger partial charge in [-0.3, -0.25) is 9.59 Å². The normalized spacial score (nSPS) is 13.0. The van der Waals surface area contributed by atoms with Crippen molar-refractivity contribution < 1.29 is 36.6 Å². The van der Waals surface area contributed by atoms with Gasteiger partial charge < -0.3 is 21.7 Å². The molecular formula is C10H20N2O8S3. The molecule has 136 valence electrons. The first kappa shape index (κ1) is 22.1. The fraction of sp³-hybridized carbons (Fsp3) is 0.800. The molecule has 0 unspecified atom stereocenters. The number of carbonyl (C=O) groups is 2. The summed E-state index contributed by atoms with van der Waals surface area (Å²) in [6.07, 6.45) is -1.75. The quantitative estimate of drug-likeness (QED) is 0.289. The van der Waals surface area contributed by atoms with Crippen LogP contribution >= 0.6 is 11.8 Å². The maximum absolute atomic E-state index is 12.5. The molecule has 0 atom stereocenters. The van der Waals surface area contributed by atoms with Crippen LogP contribution in [0, 0.1) is 0 Å². The number of nitrogens with two attached hydrogens (primary N) is 2. The van der Waals surface area contributed by atoms with Gasteiger partial charge in [0, 0.05) is 18.8 Å². The van der Waals surface area contributed by atoms with Crippen LogP contribution in [0.1, 0.15) is 12.8 Å². The first-order valence-corrected chi connectivity index (χ1v) is 10.7. The molecule has 0 radical (unpaired) electrons. The summed E-state index contributed by atoms with van der Waals surface area (Å²) in [5, 5.41) is 17.6. The molecule has 0 saturated heterocycles. The van der Waals surface area contributed by atoms with E-state index in [9.17, 15) is 26.4 Å². The Bertz CT molecular complexity index is 592. The van der Waals surface area contributed by atoms with Gasteiger partial charge in [-0.25, -0.2) is 16.8 Å². The van der Waals surface area contributed by atoms with Gasteiger partial charge in [0.05, 0.1) is 24.3 Å². The molecule has 0 heterocycles. The summed E-state index contributed by atoms with van der Waals surface area (Å²) in [5.74, 6) is -4.80. The lowest BCUT2D eigenvalue weighted by molar-refractivity contribution is -0.137. The monoisotopic (exact) mass is 392 g/mol. The van der Waals surface area contributed by atoms with Crippen LogP contribution in [0.5, 0.6) is 0 Å². The van der Waals surface area contributed by atoms with Gasteiger partial charge in [-0.15, -0.1) is 11.8 Å². The predicted octanol–water partition coefficient (Wildman–Crippen LogP) is -1.93. The molecule has 0 saturated carbocycles. The topological polar surface area (TPSA) is 195 Å². The molecular weight excluding hydrogens is 372 g/mol. The van der Waals surface area contributed by atoms with E-state index in [4.69, 9.17) is 21.7 Å². The van der Waals surface area contributed by atoms with Crippen molar-refractivity contribution in [2.75, 3.05) is 30.3 Å². The van der Waals surface area contributed by atoms with Crippen molar-refractivity contribution in [3.8, 4) is 0 Å². The lowest BCUT2D eigenvalue weighted by Gasteiger charge is -2.30. The Morgan fingerprint density at radius 3 is 1.65 bits per heavy atom. The van der Waals surface area contributed by atoms with E-state index in [0.717, 1.165) is 0 Å². The van der Waals surface area contributed by atoms with Gasteiger partial charge in [-0.05, 0) is 0 Å². The number of carboxylic acid groups (broad SMARTS) is 2. The average molecular weight is 392 g/mol. The van der Waals surface area contributed by atoms with E-state index < -0.39 is 78.2 Å². The SMILES string of the molecule is NCCS(=O)(=O)C(CC(=O)O)(SCCC(=O)O)S(=O)(=O)CCN. The van der Waals surface area contributed by atoms with Crippen LogP contribution in [0.25, 0.3) is 0 Å². The van der Waals surface area contributed by atoms with E-state index in [1.54, 1.807) is 0 Å². The fourth-order valence-corrected chi connectivity index (χ4v) is 8.97. The van der Waals surface area contributed by atoms with E-state index in [2.05, 4.69) is 0 Å². The van der Waals surface area contributed by atoms with Crippen LogP contribution in [0.4, 0.5) is 0 Å². The summed E-state index contributed by atoms with van der Waals surface area (Å²) in [6, 6.07) is 0. The Labute approximate surface area is 138 Å². The number of hydrogen-bond donors (Lipinski definition) is 4. The van der Waals surface area contributed by atoms with Crippen LogP contribution in [0.15, 0.2) is 0 Å². The summed E-state index contributed by atoms with van der Waals surface area (Å²) < 4.78 is 47.1. The van der Waals surface area contributed by atoms with Crippen LogP contribution in [-0.2, 0) is 29.3 Å². The second-order valence-corrected chi connectivity index (χ2v) is 11.3. The molecule has 23 heavy (non-hydrogen) atoms. The van der Waals surface area contributed by atoms with Crippen LogP contribution in [0.2, 0.25) is 0 Å². The maximum Gasteiger partial charge on any atom is 0.306 e. The molecule has 0 rings (SSSR count). The number of sulfone groups is 2. The minimum atomic E-state index is -4.49. The second-order valence-electron chi connectivity index (χ2n) is 4.46. The van der Waals surface area contributed by atoms with Crippen LogP contribution in [0.3, 0.4) is 0 Å². The van der Waals surface area contributed by atoms with E-state index in [1.165, 1.54) is 0 Å². The Hall–Kier alpha value is -0.890. The van der Waals surface area contributed by atoms with Crippen molar-refractivity contribution in [1.82, 2.24) is 0 Å². The van der Waals surface area contributed by atoms with Crippen molar-refractivity contribution in [1.29, 1.82) is 0 Å². The highest BCUT2D eigenvalue weighted by atomic mass is 32.3. The molecule has 0 aromatic carbocycles. The molecule has 0 fully saturated rings. The van der Waals surface area contributed by atoms with Crippen molar-refractivity contribution in [3.05, 3.63) is 0 Å². The van der Waals surface area contributed by atoms with Crippen molar-refractivity contribution in [2.45, 2.75) is 16.3 Å². The molecule has 10 nitrogen and oxygen atoms in total. The number of thioether (sulfide) groups is 1. The van der Waals surface area contributed by atoms with Crippen LogP contribution < -0.4 is 11.5 Å². The van der Waals surface area contributed by atoms with Gasteiger partial charge in [0.25, 0.3) is 0 Å². The highest BCUT2D eigenvalue weighted by Crippen LogP contribution is 2.41.